The summed E-state index contributed by atoms with van der Waals surface area (Å²) in [6.45, 7) is 3.44. The van der Waals surface area contributed by atoms with Crippen LogP contribution >= 0.6 is 0 Å². The fourth-order valence-electron chi connectivity index (χ4n) is 4.91. The van der Waals surface area contributed by atoms with Gasteiger partial charge in [-0.1, -0.05) is 36.4 Å². The van der Waals surface area contributed by atoms with Crippen molar-refractivity contribution in [2.75, 3.05) is 13.1 Å². The number of hydrogen-bond donors (Lipinski definition) is 1. The molecule has 0 amide bonds. The van der Waals surface area contributed by atoms with Crippen molar-refractivity contribution in [3.05, 3.63) is 70.8 Å². The molecule has 2 saturated heterocycles. The smallest absolute Gasteiger partial charge is 0.453 e. The lowest BCUT2D eigenvalue weighted by molar-refractivity contribution is -0.284. The normalized spacial score (nSPS) is 21.3. The van der Waals surface area contributed by atoms with E-state index in [9.17, 15) is 26.7 Å². The number of piperazine rings is 1. The van der Waals surface area contributed by atoms with Crippen LogP contribution in [0.15, 0.2) is 48.5 Å². The summed E-state index contributed by atoms with van der Waals surface area (Å²) < 4.78 is 62.9. The van der Waals surface area contributed by atoms with E-state index in [-0.39, 0.29) is 18.4 Å². The first kappa shape index (κ1) is 24.6. The predicted molar refractivity (Wildman–Crippen MR) is 117 cm³/mol. The topological polar surface area (TPSA) is 43.8 Å². The van der Waals surface area contributed by atoms with Crippen LogP contribution in [-0.2, 0) is 19.5 Å². The molecule has 2 atom stereocenters. The summed E-state index contributed by atoms with van der Waals surface area (Å²) in [6.07, 6.45) is -5.65. The highest BCUT2D eigenvalue weighted by Crippen LogP contribution is 2.39. The lowest BCUT2D eigenvalue weighted by Gasteiger charge is -2.34. The Labute approximate surface area is 195 Å². The number of alkyl halides is 5. The van der Waals surface area contributed by atoms with Gasteiger partial charge in [-0.25, -0.2) is 4.79 Å². The summed E-state index contributed by atoms with van der Waals surface area (Å²) in [5.74, 6) is -5.57. The molecule has 2 aliphatic rings. The van der Waals surface area contributed by atoms with Crippen LogP contribution in [0.5, 0.6) is 0 Å². The number of fused-ring (bicyclic) bond motifs is 2. The highest BCUT2D eigenvalue weighted by atomic mass is 19.4. The molecule has 2 heterocycles. The third-order valence-electron chi connectivity index (χ3n) is 6.83. The molecule has 184 valence electrons. The molecule has 2 bridgehead atoms. The highest BCUT2D eigenvalue weighted by Gasteiger charge is 2.56. The first-order chi connectivity index (χ1) is 16.0. The molecule has 0 saturated carbocycles. The number of carboxylic acid groups (broad SMARTS) is 1. The summed E-state index contributed by atoms with van der Waals surface area (Å²) >= 11 is 0. The van der Waals surface area contributed by atoms with Crippen LogP contribution in [0.4, 0.5) is 22.0 Å². The molecule has 2 aromatic rings. The molecule has 1 N–H and O–H groups in total. The summed E-state index contributed by atoms with van der Waals surface area (Å²) in [7, 11) is 0. The molecule has 2 aliphatic heterocycles. The lowest BCUT2D eigenvalue weighted by atomic mass is 10.0. The number of halogens is 5. The molecule has 2 fully saturated rings. The lowest BCUT2D eigenvalue weighted by Crippen LogP contribution is -2.45. The van der Waals surface area contributed by atoms with Crippen molar-refractivity contribution in [1.29, 1.82) is 0 Å². The van der Waals surface area contributed by atoms with Crippen molar-refractivity contribution in [2.24, 2.45) is 0 Å². The number of aryl methyl sites for hydroxylation is 1. The number of likely N-dealkylation sites (tertiary alicyclic amines) is 2. The van der Waals surface area contributed by atoms with Crippen LogP contribution < -0.4 is 0 Å². The van der Waals surface area contributed by atoms with Crippen molar-refractivity contribution < 1.29 is 31.9 Å². The fourth-order valence-corrected chi connectivity index (χ4v) is 4.91. The molecule has 0 radical (unpaired) electrons. The maximum absolute atomic E-state index is 13.0. The molecule has 4 rings (SSSR count). The third-order valence-corrected chi connectivity index (χ3v) is 6.83. The van der Waals surface area contributed by atoms with Gasteiger partial charge in [0.2, 0.25) is 0 Å². The number of benzene rings is 2. The van der Waals surface area contributed by atoms with Crippen molar-refractivity contribution >= 4 is 5.97 Å². The minimum absolute atomic E-state index is 0.183. The average molecular weight is 482 g/mol. The van der Waals surface area contributed by atoms with E-state index in [4.69, 9.17) is 5.11 Å². The zero-order chi connectivity index (χ0) is 24.5. The van der Waals surface area contributed by atoms with Crippen LogP contribution in [0.2, 0.25) is 0 Å². The average Bonchev–Trinajstić information content (AvgIpc) is 3.34. The fraction of sp³-hybridized carbons (Fsp3) is 0.480. The van der Waals surface area contributed by atoms with Gasteiger partial charge >= 0.3 is 18.1 Å². The minimum Gasteiger partial charge on any atom is -0.478 e. The van der Waals surface area contributed by atoms with Gasteiger partial charge in [-0.05, 0) is 48.1 Å². The first-order valence-electron chi connectivity index (χ1n) is 11.3. The summed E-state index contributed by atoms with van der Waals surface area (Å²) in [6, 6.07) is 15.3. The Morgan fingerprint density at radius 3 is 1.74 bits per heavy atom. The van der Waals surface area contributed by atoms with Crippen LogP contribution in [0.3, 0.4) is 0 Å². The molecule has 4 nitrogen and oxygen atoms in total. The molecular weight excluding hydrogens is 455 g/mol. The second-order valence-corrected chi connectivity index (χ2v) is 9.28. The van der Waals surface area contributed by atoms with E-state index in [0.717, 1.165) is 49.3 Å². The standard InChI is InChI=1S/C25H27F5N2O2/c26-24(27,25(28,29)30)11-1-2-17-3-5-18(6-4-17)13-31-15-22-12-21(31)16-32(22)14-19-7-9-20(10-8-19)23(33)34/h3-10,21-22H,1-2,11-16H2,(H,33,34)/t21-,22-/m0/s1. The summed E-state index contributed by atoms with van der Waals surface area (Å²) in [5.41, 5.74) is 3.22. The highest BCUT2D eigenvalue weighted by molar-refractivity contribution is 5.87. The number of hydrogen-bond acceptors (Lipinski definition) is 3. The Morgan fingerprint density at radius 2 is 1.29 bits per heavy atom. The zero-order valence-corrected chi connectivity index (χ0v) is 18.6. The summed E-state index contributed by atoms with van der Waals surface area (Å²) in [5, 5.41) is 9.02. The molecular formula is C25H27F5N2O2. The Morgan fingerprint density at radius 1 is 0.824 bits per heavy atom. The third kappa shape index (κ3) is 5.58. The molecule has 2 aromatic carbocycles. The van der Waals surface area contributed by atoms with E-state index in [0.29, 0.717) is 12.1 Å². The van der Waals surface area contributed by atoms with Crippen molar-refractivity contribution in [2.45, 2.75) is 63.0 Å². The van der Waals surface area contributed by atoms with Gasteiger partial charge in [-0.3, -0.25) is 9.80 Å². The van der Waals surface area contributed by atoms with Crippen molar-refractivity contribution in [3.8, 4) is 0 Å². The van der Waals surface area contributed by atoms with Gasteiger partial charge in [0.25, 0.3) is 0 Å². The first-order valence-corrected chi connectivity index (χ1v) is 11.3. The molecule has 0 unspecified atom stereocenters. The molecule has 0 aromatic heterocycles. The quantitative estimate of drug-likeness (QED) is 0.489. The van der Waals surface area contributed by atoms with Gasteiger partial charge in [-0.2, -0.15) is 22.0 Å². The second kappa shape index (κ2) is 9.62. The number of carboxylic acids is 1. The molecule has 0 aliphatic carbocycles. The van der Waals surface area contributed by atoms with Crippen LogP contribution in [0.25, 0.3) is 0 Å². The van der Waals surface area contributed by atoms with E-state index >= 15 is 0 Å². The van der Waals surface area contributed by atoms with Crippen LogP contribution in [-0.4, -0.2) is 58.1 Å². The zero-order valence-electron chi connectivity index (χ0n) is 18.6. The maximum Gasteiger partial charge on any atom is 0.453 e. The van der Waals surface area contributed by atoms with E-state index < -0.39 is 24.5 Å². The number of rotatable bonds is 9. The van der Waals surface area contributed by atoms with E-state index in [1.165, 1.54) is 0 Å². The van der Waals surface area contributed by atoms with Crippen LogP contribution in [0.1, 0.15) is 46.3 Å². The largest absolute Gasteiger partial charge is 0.478 e. The SMILES string of the molecule is O=C(O)c1ccc(CN2C[C@@H]3C[C@H]2CN3Cc2ccc(CCCC(F)(F)C(F)(F)F)cc2)cc1. The Kier molecular flexibility index (Phi) is 6.96. The molecule has 0 spiro atoms. The summed E-state index contributed by atoms with van der Waals surface area (Å²) in [4.78, 5) is 15.9. The van der Waals surface area contributed by atoms with Gasteiger partial charge in [0.1, 0.15) is 0 Å². The number of nitrogens with zero attached hydrogens (tertiary/aromatic N) is 2. The van der Waals surface area contributed by atoms with E-state index in [2.05, 4.69) is 9.80 Å². The van der Waals surface area contributed by atoms with Crippen molar-refractivity contribution in [1.82, 2.24) is 9.80 Å². The Bertz CT molecular complexity index is 992. The van der Waals surface area contributed by atoms with Gasteiger partial charge < -0.3 is 5.11 Å². The monoisotopic (exact) mass is 482 g/mol. The second-order valence-electron chi connectivity index (χ2n) is 9.28. The minimum atomic E-state index is -5.49. The van der Waals surface area contributed by atoms with Gasteiger partial charge in [-0.15, -0.1) is 0 Å². The molecule has 9 heteroatoms. The molecule has 34 heavy (non-hydrogen) atoms. The predicted octanol–water partition coefficient (Wildman–Crippen LogP) is 5.36. The van der Waals surface area contributed by atoms with Crippen molar-refractivity contribution in [3.63, 3.8) is 0 Å². The van der Waals surface area contributed by atoms with Gasteiger partial charge in [0, 0.05) is 44.7 Å². The van der Waals surface area contributed by atoms with Gasteiger partial charge in [0.15, 0.2) is 0 Å². The van der Waals surface area contributed by atoms with Gasteiger partial charge in [0.05, 0.1) is 5.56 Å². The Balaban J connectivity index is 1.23. The number of aromatic carboxylic acids is 1. The van der Waals surface area contributed by atoms with E-state index in [1.54, 1.807) is 12.1 Å². The van der Waals surface area contributed by atoms with Crippen LogP contribution in [0, 0.1) is 0 Å². The Hall–Kier alpha value is -2.52. The van der Waals surface area contributed by atoms with E-state index in [1.807, 2.05) is 36.4 Å². The number of carbonyl (C=O) groups is 1. The maximum atomic E-state index is 13.0.